The molecule has 6 nitrogen and oxygen atoms in total. The van der Waals surface area contributed by atoms with Crippen LogP contribution in [0, 0.1) is 11.8 Å². The number of nitrogens with zero attached hydrogens (tertiary/aromatic N) is 1. The molecule has 2 saturated heterocycles. The molecule has 0 spiro atoms. The smallest absolute Gasteiger partial charge is 0.319 e. The highest BCUT2D eigenvalue weighted by atomic mass is 16.5. The molecule has 3 heterocycles. The van der Waals surface area contributed by atoms with Crippen molar-refractivity contribution < 1.29 is 19.0 Å². The third-order valence-corrected chi connectivity index (χ3v) is 7.46. The first-order valence-electron chi connectivity index (χ1n) is 11.6. The van der Waals surface area contributed by atoms with Gasteiger partial charge in [-0.2, -0.15) is 0 Å². The van der Waals surface area contributed by atoms with Crippen molar-refractivity contribution in [2.45, 2.75) is 51.0 Å². The minimum Gasteiger partial charge on any atom is -0.497 e. The number of piperidine rings is 2. The summed E-state index contributed by atoms with van der Waals surface area (Å²) in [7, 11) is 5.61. The zero-order valence-electron chi connectivity index (χ0n) is 19.5. The molecule has 3 fully saturated rings. The molecule has 4 atom stereocenters. The lowest BCUT2D eigenvalue weighted by molar-refractivity contribution is -0.164. The standard InChI is InChI=1S/C25H36N2O4/c1-6-19-20-13-18(30-5)8-9-21(20)26-22(19)25(24(28)31-7-2)14-16-12-17(10-11-29-4)23(25)27(3)15-16/h8-9,13,16-17,23,26H,6-7,10-12,14-15H2,1-5H3/t16-,17?,23?,25?/m0/s1. The van der Waals surface area contributed by atoms with Gasteiger partial charge in [-0.25, -0.2) is 0 Å². The van der Waals surface area contributed by atoms with Crippen molar-refractivity contribution in [3.05, 3.63) is 29.5 Å². The zero-order chi connectivity index (χ0) is 22.2. The van der Waals surface area contributed by atoms with E-state index in [1.165, 1.54) is 5.56 Å². The lowest BCUT2D eigenvalue weighted by Crippen LogP contribution is -2.67. The second kappa shape index (κ2) is 8.83. The maximum absolute atomic E-state index is 13.8. The number of esters is 1. The number of H-pyrrole nitrogens is 1. The van der Waals surface area contributed by atoms with Crippen LogP contribution in [0.5, 0.6) is 5.75 Å². The van der Waals surface area contributed by atoms with E-state index < -0.39 is 5.41 Å². The Morgan fingerprint density at radius 1 is 1.29 bits per heavy atom. The van der Waals surface area contributed by atoms with Crippen molar-refractivity contribution in [1.29, 1.82) is 0 Å². The zero-order valence-corrected chi connectivity index (χ0v) is 19.5. The normalized spacial score (nSPS) is 28.2. The molecule has 1 N–H and O–H groups in total. The number of aromatic nitrogens is 1. The summed E-state index contributed by atoms with van der Waals surface area (Å²) in [5.41, 5.74) is 2.60. The highest BCUT2D eigenvalue weighted by Crippen LogP contribution is 2.53. The number of carbonyl (C=O) groups excluding carboxylic acids is 1. The van der Waals surface area contributed by atoms with Gasteiger partial charge >= 0.3 is 5.97 Å². The maximum atomic E-state index is 13.8. The van der Waals surface area contributed by atoms with Crippen LogP contribution in [0.1, 0.15) is 44.4 Å². The summed E-state index contributed by atoms with van der Waals surface area (Å²) in [6.45, 7) is 6.20. The van der Waals surface area contributed by atoms with E-state index in [0.29, 0.717) is 25.0 Å². The van der Waals surface area contributed by atoms with Crippen LogP contribution in [-0.4, -0.2) is 62.9 Å². The molecule has 2 aromatic rings. The second-order valence-corrected chi connectivity index (χ2v) is 9.17. The molecule has 1 aliphatic carbocycles. The first-order chi connectivity index (χ1) is 15.0. The van der Waals surface area contributed by atoms with Crippen LogP contribution in [0.25, 0.3) is 10.9 Å². The number of aryl methyl sites for hydroxylation is 1. The average molecular weight is 429 g/mol. The van der Waals surface area contributed by atoms with Gasteiger partial charge in [0.1, 0.15) is 11.2 Å². The van der Waals surface area contributed by atoms with Crippen LogP contribution in [-0.2, 0) is 26.1 Å². The number of hydrogen-bond donors (Lipinski definition) is 1. The molecule has 1 aromatic heterocycles. The van der Waals surface area contributed by atoms with Gasteiger partial charge < -0.3 is 24.1 Å². The van der Waals surface area contributed by atoms with Crippen molar-refractivity contribution in [1.82, 2.24) is 9.88 Å². The van der Waals surface area contributed by atoms with Crippen molar-refractivity contribution >= 4 is 16.9 Å². The van der Waals surface area contributed by atoms with E-state index in [2.05, 4.69) is 36.0 Å². The number of hydrogen-bond acceptors (Lipinski definition) is 5. The van der Waals surface area contributed by atoms with Crippen LogP contribution < -0.4 is 4.74 Å². The number of methoxy groups -OCH3 is 2. The molecule has 0 amide bonds. The molecule has 3 aliphatic rings. The Morgan fingerprint density at radius 3 is 2.74 bits per heavy atom. The lowest BCUT2D eigenvalue weighted by atomic mass is 9.56. The summed E-state index contributed by atoms with van der Waals surface area (Å²) in [6, 6.07) is 6.20. The fraction of sp³-hybridized carbons (Fsp3) is 0.640. The highest BCUT2D eigenvalue weighted by Gasteiger charge is 2.61. The Labute approximate surface area is 185 Å². The van der Waals surface area contributed by atoms with Crippen molar-refractivity contribution in [2.24, 2.45) is 11.8 Å². The molecular formula is C25H36N2O4. The number of aromatic amines is 1. The maximum Gasteiger partial charge on any atom is 0.319 e. The molecule has 1 aromatic carbocycles. The molecule has 170 valence electrons. The third kappa shape index (κ3) is 3.54. The number of benzene rings is 1. The van der Waals surface area contributed by atoms with E-state index in [-0.39, 0.29) is 12.0 Å². The molecule has 2 bridgehead atoms. The van der Waals surface area contributed by atoms with E-state index in [1.807, 2.05) is 13.0 Å². The SMILES string of the molecule is CCOC(=O)C1(c2[nH]c3ccc(OC)cc3c2CC)C[C@@H]2CC(CCOC)C1N(C)C2. The minimum atomic E-state index is -0.693. The van der Waals surface area contributed by atoms with E-state index in [0.717, 1.165) is 54.6 Å². The summed E-state index contributed by atoms with van der Waals surface area (Å²) in [4.78, 5) is 19.9. The molecule has 3 unspecified atom stereocenters. The number of carbonyl (C=O) groups is 1. The molecule has 31 heavy (non-hydrogen) atoms. The van der Waals surface area contributed by atoms with Crippen molar-refractivity contribution in [3.8, 4) is 5.75 Å². The van der Waals surface area contributed by atoms with Gasteiger partial charge in [-0.05, 0) is 75.3 Å². The number of likely N-dealkylation sites (N-methyl/N-ethyl adjacent to an activating group) is 1. The number of fused-ring (bicyclic) bond motifs is 4. The van der Waals surface area contributed by atoms with Crippen LogP contribution in [0.2, 0.25) is 0 Å². The highest BCUT2D eigenvalue weighted by molar-refractivity contribution is 5.92. The Hall–Kier alpha value is -2.05. The summed E-state index contributed by atoms with van der Waals surface area (Å²) < 4.78 is 16.7. The molecule has 5 rings (SSSR count). The monoisotopic (exact) mass is 428 g/mol. The Kier molecular flexibility index (Phi) is 6.31. The van der Waals surface area contributed by atoms with E-state index in [4.69, 9.17) is 14.2 Å². The fourth-order valence-electron chi connectivity index (χ4n) is 6.48. The van der Waals surface area contributed by atoms with Crippen molar-refractivity contribution in [2.75, 3.05) is 41.0 Å². The number of ether oxygens (including phenoxy) is 3. The summed E-state index contributed by atoms with van der Waals surface area (Å²) in [5.74, 6) is 1.60. The van der Waals surface area contributed by atoms with Gasteiger partial charge in [0.25, 0.3) is 0 Å². The predicted molar refractivity (Wildman–Crippen MR) is 122 cm³/mol. The Morgan fingerprint density at radius 2 is 2.10 bits per heavy atom. The van der Waals surface area contributed by atoms with Gasteiger partial charge in [-0.1, -0.05) is 6.92 Å². The van der Waals surface area contributed by atoms with Gasteiger partial charge in [0.2, 0.25) is 0 Å². The topological polar surface area (TPSA) is 63.8 Å². The molecule has 1 saturated carbocycles. The van der Waals surface area contributed by atoms with Crippen LogP contribution in [0.15, 0.2) is 18.2 Å². The first kappa shape index (κ1) is 22.2. The van der Waals surface area contributed by atoms with Crippen molar-refractivity contribution in [3.63, 3.8) is 0 Å². The van der Waals surface area contributed by atoms with Crippen LogP contribution in [0.4, 0.5) is 0 Å². The van der Waals surface area contributed by atoms with E-state index in [1.54, 1.807) is 14.2 Å². The summed E-state index contributed by atoms with van der Waals surface area (Å²) in [5, 5.41) is 1.14. The van der Waals surface area contributed by atoms with E-state index >= 15 is 0 Å². The summed E-state index contributed by atoms with van der Waals surface area (Å²) >= 11 is 0. The predicted octanol–water partition coefficient (Wildman–Crippen LogP) is 3.92. The average Bonchev–Trinajstić information content (AvgIpc) is 3.15. The molecule has 2 aliphatic heterocycles. The Bertz CT molecular complexity index is 939. The van der Waals surface area contributed by atoms with Gasteiger partial charge in [0.05, 0.1) is 13.7 Å². The quantitative estimate of drug-likeness (QED) is 0.646. The van der Waals surface area contributed by atoms with Gasteiger partial charge in [-0.15, -0.1) is 0 Å². The summed E-state index contributed by atoms with van der Waals surface area (Å²) in [6.07, 6.45) is 3.78. The lowest BCUT2D eigenvalue weighted by Gasteiger charge is -2.58. The molecular weight excluding hydrogens is 392 g/mol. The minimum absolute atomic E-state index is 0.0898. The largest absolute Gasteiger partial charge is 0.497 e. The van der Waals surface area contributed by atoms with Gasteiger partial charge in [0, 0.05) is 42.9 Å². The second-order valence-electron chi connectivity index (χ2n) is 9.17. The Balaban J connectivity index is 1.92. The van der Waals surface area contributed by atoms with E-state index in [9.17, 15) is 4.79 Å². The molecule has 0 radical (unpaired) electrons. The van der Waals surface area contributed by atoms with Crippen LogP contribution >= 0.6 is 0 Å². The van der Waals surface area contributed by atoms with Crippen LogP contribution in [0.3, 0.4) is 0 Å². The van der Waals surface area contributed by atoms with Gasteiger partial charge in [-0.3, -0.25) is 4.79 Å². The number of nitrogens with one attached hydrogen (secondary N) is 1. The fourth-order valence-corrected chi connectivity index (χ4v) is 6.48. The first-order valence-corrected chi connectivity index (χ1v) is 11.6. The number of rotatable bonds is 8. The van der Waals surface area contributed by atoms with Gasteiger partial charge in [0.15, 0.2) is 0 Å². The molecule has 6 heteroatoms. The third-order valence-electron chi connectivity index (χ3n) is 7.46.